The van der Waals surface area contributed by atoms with E-state index in [1.54, 1.807) is 0 Å². The van der Waals surface area contributed by atoms with E-state index in [1.807, 2.05) is 27.7 Å². The molecule has 2 rings (SSSR count). The Hall–Kier alpha value is -1.06. The first kappa shape index (κ1) is 15.0. The van der Waals surface area contributed by atoms with E-state index in [0.717, 1.165) is 25.7 Å². The van der Waals surface area contributed by atoms with Gasteiger partial charge >= 0.3 is 11.9 Å². The van der Waals surface area contributed by atoms with Crippen LogP contribution in [-0.2, 0) is 14.3 Å². The van der Waals surface area contributed by atoms with Crippen molar-refractivity contribution in [1.82, 2.24) is 0 Å². The minimum atomic E-state index is -0.630. The topological polar surface area (TPSA) is 63.6 Å². The zero-order valence-corrected chi connectivity index (χ0v) is 11.8. The Morgan fingerprint density at radius 2 is 1.83 bits per heavy atom. The van der Waals surface area contributed by atoms with Crippen molar-refractivity contribution >= 4 is 11.9 Å². The van der Waals surface area contributed by atoms with Gasteiger partial charge in [0.15, 0.2) is 0 Å². The molecule has 2 aliphatic rings. The lowest BCUT2D eigenvalue weighted by Crippen LogP contribution is -2.14. The van der Waals surface area contributed by atoms with Gasteiger partial charge in [-0.15, -0.1) is 0 Å². The van der Waals surface area contributed by atoms with E-state index in [9.17, 15) is 9.59 Å². The number of carbonyl (C=O) groups excluding carboxylic acids is 1. The molecule has 0 aromatic heterocycles. The van der Waals surface area contributed by atoms with Gasteiger partial charge < -0.3 is 9.84 Å². The van der Waals surface area contributed by atoms with E-state index in [1.165, 1.54) is 0 Å². The fraction of sp³-hybridized carbons (Fsp3) is 0.857. The van der Waals surface area contributed by atoms with E-state index in [4.69, 9.17) is 9.84 Å². The molecule has 0 aromatic carbocycles. The van der Waals surface area contributed by atoms with Crippen LogP contribution in [0.4, 0.5) is 0 Å². The van der Waals surface area contributed by atoms with Crippen LogP contribution < -0.4 is 0 Å². The molecule has 0 heterocycles. The van der Waals surface area contributed by atoms with Crippen molar-refractivity contribution in [3.63, 3.8) is 0 Å². The van der Waals surface area contributed by atoms with E-state index in [0.29, 0.717) is 12.5 Å². The molecule has 104 valence electrons. The first-order valence-corrected chi connectivity index (χ1v) is 6.70. The van der Waals surface area contributed by atoms with Gasteiger partial charge in [-0.05, 0) is 46.0 Å². The van der Waals surface area contributed by atoms with Gasteiger partial charge in [-0.3, -0.25) is 9.59 Å². The summed E-state index contributed by atoms with van der Waals surface area (Å²) in [6, 6.07) is 0. The molecular formula is C14H24O4. The number of aliphatic carboxylic acids is 1. The van der Waals surface area contributed by atoms with Gasteiger partial charge in [-0.25, -0.2) is 0 Å². The minimum absolute atomic E-state index is 0.0231. The van der Waals surface area contributed by atoms with Crippen molar-refractivity contribution in [3.8, 4) is 0 Å². The van der Waals surface area contributed by atoms with Crippen LogP contribution in [0.15, 0.2) is 0 Å². The normalized spacial score (nSPS) is 30.8. The van der Waals surface area contributed by atoms with Crippen molar-refractivity contribution in [2.45, 2.75) is 53.4 Å². The van der Waals surface area contributed by atoms with Crippen molar-refractivity contribution < 1.29 is 19.4 Å². The number of ether oxygens (including phenoxy) is 1. The van der Waals surface area contributed by atoms with Gasteiger partial charge in [0.05, 0.1) is 17.4 Å². The van der Waals surface area contributed by atoms with E-state index < -0.39 is 5.97 Å². The first-order chi connectivity index (χ1) is 8.30. The molecule has 2 atom stereocenters. The molecule has 0 spiro atoms. The van der Waals surface area contributed by atoms with Crippen molar-refractivity contribution in [2.24, 2.45) is 16.7 Å². The largest absolute Gasteiger partial charge is 0.481 e. The Labute approximate surface area is 109 Å². The van der Waals surface area contributed by atoms with Crippen LogP contribution in [-0.4, -0.2) is 23.7 Å². The number of hydrogen-bond acceptors (Lipinski definition) is 3. The van der Waals surface area contributed by atoms with E-state index in [-0.39, 0.29) is 16.8 Å². The van der Waals surface area contributed by atoms with Gasteiger partial charge in [0.2, 0.25) is 0 Å². The van der Waals surface area contributed by atoms with Crippen LogP contribution in [0.3, 0.4) is 0 Å². The molecule has 4 heteroatoms. The van der Waals surface area contributed by atoms with Crippen molar-refractivity contribution in [3.05, 3.63) is 0 Å². The van der Waals surface area contributed by atoms with E-state index in [2.05, 4.69) is 0 Å². The lowest BCUT2D eigenvalue weighted by Gasteiger charge is -2.05. The third-order valence-electron chi connectivity index (χ3n) is 4.16. The van der Waals surface area contributed by atoms with Gasteiger partial charge in [0, 0.05) is 0 Å². The third kappa shape index (κ3) is 3.24. The number of rotatable bonds is 4. The second-order valence-corrected chi connectivity index (χ2v) is 5.81. The molecule has 2 unspecified atom stereocenters. The number of carboxylic acids is 1. The van der Waals surface area contributed by atoms with Crippen LogP contribution in [0.1, 0.15) is 53.4 Å². The van der Waals surface area contributed by atoms with Gasteiger partial charge in [-0.1, -0.05) is 13.3 Å². The summed E-state index contributed by atoms with van der Waals surface area (Å²) in [7, 11) is 0. The third-order valence-corrected chi connectivity index (χ3v) is 4.16. The fourth-order valence-corrected chi connectivity index (χ4v) is 2.01. The summed E-state index contributed by atoms with van der Waals surface area (Å²) in [6.45, 7) is 8.16. The zero-order chi connectivity index (χ0) is 14.0. The molecule has 0 saturated heterocycles. The molecule has 18 heavy (non-hydrogen) atoms. The zero-order valence-electron chi connectivity index (χ0n) is 11.8. The molecule has 0 bridgehead atoms. The van der Waals surface area contributed by atoms with Crippen LogP contribution in [0.25, 0.3) is 0 Å². The highest BCUT2D eigenvalue weighted by Gasteiger charge is 2.54. The molecule has 1 N–H and O–H groups in total. The van der Waals surface area contributed by atoms with Crippen LogP contribution >= 0.6 is 0 Å². The fourth-order valence-electron chi connectivity index (χ4n) is 2.01. The molecule has 0 aromatic rings. The molecule has 0 radical (unpaired) electrons. The summed E-state index contributed by atoms with van der Waals surface area (Å²) in [6.07, 6.45) is 3.89. The maximum Gasteiger partial charge on any atom is 0.311 e. The highest BCUT2D eigenvalue weighted by molar-refractivity contribution is 5.79. The van der Waals surface area contributed by atoms with Crippen LogP contribution in [0.2, 0.25) is 0 Å². The molecular weight excluding hydrogens is 232 g/mol. The number of esters is 1. The summed E-state index contributed by atoms with van der Waals surface area (Å²) in [5.41, 5.74) is -0.467. The predicted molar refractivity (Wildman–Crippen MR) is 68.1 cm³/mol. The quantitative estimate of drug-likeness (QED) is 0.785. The second-order valence-electron chi connectivity index (χ2n) is 5.81. The molecule has 2 fully saturated rings. The molecule has 0 aliphatic heterocycles. The summed E-state index contributed by atoms with van der Waals surface area (Å²) in [5, 5.41) is 8.61. The summed E-state index contributed by atoms with van der Waals surface area (Å²) in [5.74, 6) is -0.214. The Bertz CT molecular complexity index is 333. The number of carbonyl (C=O) groups is 2. The first-order valence-electron chi connectivity index (χ1n) is 6.70. The highest BCUT2D eigenvalue weighted by atomic mass is 16.5. The molecule has 2 saturated carbocycles. The summed E-state index contributed by atoms with van der Waals surface area (Å²) >= 11 is 0. The Kier molecular flexibility index (Phi) is 4.41. The molecule has 0 amide bonds. The predicted octanol–water partition coefficient (Wildman–Crippen LogP) is 2.86. The monoisotopic (exact) mass is 256 g/mol. The SMILES string of the molecule is CCC1CC1(C)C(=O)O.CCOC(=O)C1(C)CC1. The second kappa shape index (κ2) is 5.29. The maximum absolute atomic E-state index is 10.9. The number of carboxylic acid groups (broad SMARTS) is 1. The van der Waals surface area contributed by atoms with Gasteiger partial charge in [-0.2, -0.15) is 0 Å². The minimum Gasteiger partial charge on any atom is -0.481 e. The maximum atomic E-state index is 10.9. The lowest BCUT2D eigenvalue weighted by molar-refractivity contribution is -0.149. The number of hydrogen-bond donors (Lipinski definition) is 1. The van der Waals surface area contributed by atoms with Crippen molar-refractivity contribution in [1.29, 1.82) is 0 Å². The highest BCUT2D eigenvalue weighted by Crippen LogP contribution is 2.54. The smallest absolute Gasteiger partial charge is 0.311 e. The average molecular weight is 256 g/mol. The van der Waals surface area contributed by atoms with Gasteiger partial charge in [0.1, 0.15) is 0 Å². The van der Waals surface area contributed by atoms with Gasteiger partial charge in [0.25, 0.3) is 0 Å². The molecule has 2 aliphatic carbocycles. The Balaban J connectivity index is 0.000000180. The standard InChI is InChI=1S/2C7H12O2/c1-3-9-6(8)7(2)4-5-7;1-3-5-4-7(5,2)6(8)9/h3-5H2,1-2H3;5H,3-4H2,1-2H3,(H,8,9). The Morgan fingerprint density at radius 1 is 1.28 bits per heavy atom. The molecule has 4 nitrogen and oxygen atoms in total. The summed E-state index contributed by atoms with van der Waals surface area (Å²) in [4.78, 5) is 21.4. The summed E-state index contributed by atoms with van der Waals surface area (Å²) < 4.78 is 4.83. The lowest BCUT2D eigenvalue weighted by atomic mass is 10.1. The van der Waals surface area contributed by atoms with Crippen LogP contribution in [0, 0.1) is 16.7 Å². The average Bonchev–Trinajstić information content (AvgIpc) is 3.19. The van der Waals surface area contributed by atoms with Crippen molar-refractivity contribution in [2.75, 3.05) is 6.61 Å². The Morgan fingerprint density at radius 3 is 2.06 bits per heavy atom. The van der Waals surface area contributed by atoms with Crippen LogP contribution in [0.5, 0.6) is 0 Å². The van der Waals surface area contributed by atoms with E-state index >= 15 is 0 Å².